The molecule has 0 aliphatic carbocycles. The van der Waals surface area contributed by atoms with Crippen LogP contribution in [-0.2, 0) is 0 Å². The van der Waals surface area contributed by atoms with Gasteiger partial charge in [0, 0.05) is 67.7 Å². The summed E-state index contributed by atoms with van der Waals surface area (Å²) in [6.45, 7) is 3.17. The molecule has 0 radical (unpaired) electrons. The molecule has 3 N–H and O–H groups in total. The Kier molecular flexibility index (Phi) is 8.03. The van der Waals surface area contributed by atoms with E-state index in [1.807, 2.05) is 0 Å². The van der Waals surface area contributed by atoms with E-state index in [1.165, 1.54) is 6.07 Å². The maximum Gasteiger partial charge on any atom is 0.294 e. The van der Waals surface area contributed by atoms with Crippen molar-refractivity contribution in [1.29, 1.82) is 0 Å². The van der Waals surface area contributed by atoms with E-state index in [-0.39, 0.29) is 40.3 Å². The number of carbonyl (C=O) groups is 2. The fourth-order valence-corrected chi connectivity index (χ4v) is 6.47. The highest BCUT2D eigenvalue weighted by Crippen LogP contribution is 2.37. The predicted octanol–water partition coefficient (Wildman–Crippen LogP) is 3.87. The van der Waals surface area contributed by atoms with Gasteiger partial charge in [-0.25, -0.2) is 0 Å². The van der Waals surface area contributed by atoms with E-state index in [4.69, 9.17) is 0 Å². The minimum Gasteiger partial charge on any atom is -0.387 e. The zero-order chi connectivity index (χ0) is 27.6. The quantitative estimate of drug-likeness (QED) is 0.337. The summed E-state index contributed by atoms with van der Waals surface area (Å²) in [7, 11) is 1.77. The predicted molar refractivity (Wildman–Crippen MR) is 152 cm³/mol. The Bertz CT molecular complexity index is 1260. The van der Waals surface area contributed by atoms with Gasteiger partial charge in [0.2, 0.25) is 0 Å². The van der Waals surface area contributed by atoms with Crippen molar-refractivity contribution in [2.24, 2.45) is 0 Å². The van der Waals surface area contributed by atoms with E-state index in [9.17, 15) is 19.7 Å². The molecule has 1 aromatic carbocycles. The van der Waals surface area contributed by atoms with E-state index in [1.54, 1.807) is 41.4 Å². The summed E-state index contributed by atoms with van der Waals surface area (Å²) < 4.78 is 0.478. The monoisotopic (exact) mass is 599 g/mol. The normalized spacial score (nSPS) is 20.6. The molecule has 39 heavy (non-hydrogen) atoms. The summed E-state index contributed by atoms with van der Waals surface area (Å²) >= 11 is 3.37. The molecule has 5 rings (SSSR count). The molecule has 208 valence electrons. The van der Waals surface area contributed by atoms with Gasteiger partial charge in [-0.2, -0.15) is 0 Å². The zero-order valence-corrected chi connectivity index (χ0v) is 23.6. The number of piperidine rings is 2. The van der Waals surface area contributed by atoms with Gasteiger partial charge in [0.25, 0.3) is 17.5 Å². The van der Waals surface area contributed by atoms with Gasteiger partial charge in [-0.3, -0.25) is 24.7 Å². The second kappa shape index (κ2) is 11.5. The van der Waals surface area contributed by atoms with Crippen LogP contribution in [0.15, 0.2) is 35.1 Å². The summed E-state index contributed by atoms with van der Waals surface area (Å²) in [5.41, 5.74) is 1.67. The van der Waals surface area contributed by atoms with Crippen LogP contribution in [0.5, 0.6) is 0 Å². The minimum absolute atomic E-state index is 0.113. The molecule has 0 saturated carbocycles. The standard InChI is InChI=1S/C27H34BrN7O4/c1-29-21-12-18(15-30-16-21)25(36)34-9-2-4-20(17-34)32-24-22(13-19(28)14-23(24)35(38)39)26(37)33-10-6-27(7-11-33)5-3-8-31-27/h12-16,20,29,31-32H,2-11,17H2,1H3/t20-/m1/s1. The SMILES string of the molecule is CNc1cncc(C(=O)N2CCC[C@@H](Nc3c(C(=O)N4CCC5(CCCN5)CC4)cc(Br)cc3[N+](=O)[O-])C2)c1. The lowest BCUT2D eigenvalue weighted by molar-refractivity contribution is -0.384. The van der Waals surface area contributed by atoms with Gasteiger partial charge in [-0.1, -0.05) is 15.9 Å². The number of nitro groups is 1. The number of hydrogen-bond donors (Lipinski definition) is 3. The molecule has 3 aliphatic heterocycles. The molecule has 1 aromatic heterocycles. The van der Waals surface area contributed by atoms with Gasteiger partial charge in [-0.05, 0) is 57.2 Å². The number of benzene rings is 1. The lowest BCUT2D eigenvalue weighted by Crippen LogP contribution is -2.51. The van der Waals surface area contributed by atoms with Crippen LogP contribution >= 0.6 is 15.9 Å². The molecule has 3 aliphatic rings. The smallest absolute Gasteiger partial charge is 0.294 e. The molecule has 2 amide bonds. The van der Waals surface area contributed by atoms with Crippen molar-refractivity contribution in [1.82, 2.24) is 20.1 Å². The first kappa shape index (κ1) is 27.3. The Morgan fingerprint density at radius 1 is 1.10 bits per heavy atom. The number of anilines is 2. The fourth-order valence-electron chi connectivity index (χ4n) is 6.02. The number of hydrogen-bond acceptors (Lipinski definition) is 8. The molecule has 11 nitrogen and oxygen atoms in total. The number of nitrogens with one attached hydrogen (secondary N) is 3. The number of halogens is 1. The highest BCUT2D eigenvalue weighted by atomic mass is 79.9. The van der Waals surface area contributed by atoms with Gasteiger partial charge in [-0.15, -0.1) is 0 Å². The second-order valence-corrected chi connectivity index (χ2v) is 11.6. The Labute approximate surface area is 236 Å². The van der Waals surface area contributed by atoms with E-state index < -0.39 is 4.92 Å². The van der Waals surface area contributed by atoms with Gasteiger partial charge in [0.05, 0.1) is 21.7 Å². The summed E-state index contributed by atoms with van der Waals surface area (Å²) in [6.07, 6.45) is 8.67. The van der Waals surface area contributed by atoms with Crippen LogP contribution in [0, 0.1) is 10.1 Å². The number of amides is 2. The van der Waals surface area contributed by atoms with Crippen LogP contribution in [0.2, 0.25) is 0 Å². The highest BCUT2D eigenvalue weighted by molar-refractivity contribution is 9.10. The van der Waals surface area contributed by atoms with Crippen molar-refractivity contribution >= 4 is 44.8 Å². The summed E-state index contributed by atoms with van der Waals surface area (Å²) in [4.78, 5) is 46.3. The van der Waals surface area contributed by atoms with Crippen LogP contribution in [0.25, 0.3) is 0 Å². The Balaban J connectivity index is 1.36. The van der Waals surface area contributed by atoms with Crippen molar-refractivity contribution < 1.29 is 14.5 Å². The average Bonchev–Trinajstić information content (AvgIpc) is 3.41. The number of carbonyl (C=O) groups excluding carboxylic acids is 2. The number of pyridine rings is 1. The molecule has 12 heteroatoms. The van der Waals surface area contributed by atoms with E-state index in [2.05, 4.69) is 36.9 Å². The first-order valence-electron chi connectivity index (χ1n) is 13.5. The van der Waals surface area contributed by atoms with E-state index >= 15 is 0 Å². The molecule has 1 spiro atoms. The Morgan fingerprint density at radius 2 is 1.90 bits per heavy atom. The average molecular weight is 601 g/mol. The van der Waals surface area contributed by atoms with Crippen molar-refractivity contribution in [3.63, 3.8) is 0 Å². The lowest BCUT2D eigenvalue weighted by Gasteiger charge is -2.40. The first-order chi connectivity index (χ1) is 18.8. The summed E-state index contributed by atoms with van der Waals surface area (Å²) in [6, 6.07) is 4.60. The molecule has 2 aromatic rings. The molecule has 3 saturated heterocycles. The van der Waals surface area contributed by atoms with Gasteiger partial charge in [0.1, 0.15) is 5.69 Å². The number of aromatic nitrogens is 1. The van der Waals surface area contributed by atoms with Crippen molar-refractivity contribution in [3.05, 3.63) is 56.3 Å². The van der Waals surface area contributed by atoms with Crippen molar-refractivity contribution in [2.45, 2.75) is 50.1 Å². The molecular weight excluding hydrogens is 566 g/mol. The van der Waals surface area contributed by atoms with Crippen LogP contribution < -0.4 is 16.0 Å². The Hall–Kier alpha value is -3.25. The highest BCUT2D eigenvalue weighted by Gasteiger charge is 2.39. The van der Waals surface area contributed by atoms with Crippen LogP contribution in [-0.4, -0.2) is 82.9 Å². The first-order valence-corrected chi connectivity index (χ1v) is 14.3. The number of rotatable bonds is 6. The van der Waals surface area contributed by atoms with Crippen LogP contribution in [0.4, 0.5) is 17.1 Å². The van der Waals surface area contributed by atoms with Gasteiger partial charge < -0.3 is 25.8 Å². The third-order valence-corrected chi connectivity index (χ3v) is 8.64. The van der Waals surface area contributed by atoms with Crippen molar-refractivity contribution in [3.8, 4) is 0 Å². The molecule has 0 bridgehead atoms. The minimum atomic E-state index is -0.460. The van der Waals surface area contributed by atoms with Crippen molar-refractivity contribution in [2.75, 3.05) is 50.4 Å². The van der Waals surface area contributed by atoms with E-state index in [0.717, 1.165) is 50.8 Å². The second-order valence-electron chi connectivity index (χ2n) is 10.7. The largest absolute Gasteiger partial charge is 0.387 e. The number of nitrogens with zero attached hydrogens (tertiary/aromatic N) is 4. The van der Waals surface area contributed by atoms with Gasteiger partial charge in [0.15, 0.2) is 0 Å². The maximum atomic E-state index is 13.8. The molecular formula is C27H34BrN7O4. The summed E-state index contributed by atoms with van der Waals surface area (Å²) in [5, 5.41) is 22.0. The molecule has 0 unspecified atom stereocenters. The summed E-state index contributed by atoms with van der Waals surface area (Å²) in [5.74, 6) is -0.357. The van der Waals surface area contributed by atoms with Crippen LogP contribution in [0.3, 0.4) is 0 Å². The third-order valence-electron chi connectivity index (χ3n) is 8.18. The fraction of sp³-hybridized carbons (Fsp3) is 0.519. The van der Waals surface area contributed by atoms with Gasteiger partial charge >= 0.3 is 0 Å². The molecule has 4 heterocycles. The lowest BCUT2D eigenvalue weighted by atomic mass is 9.86. The topological polar surface area (TPSA) is 133 Å². The third kappa shape index (κ3) is 5.86. The van der Waals surface area contributed by atoms with E-state index in [0.29, 0.717) is 36.2 Å². The molecule has 3 fully saturated rings. The maximum absolute atomic E-state index is 13.8. The molecule has 1 atom stereocenters. The van der Waals surface area contributed by atoms with Crippen LogP contribution in [0.1, 0.15) is 59.2 Å². The number of likely N-dealkylation sites (tertiary alicyclic amines) is 2. The zero-order valence-electron chi connectivity index (χ0n) is 22.0. The number of nitro benzene ring substituents is 1. The Morgan fingerprint density at radius 3 is 2.59 bits per heavy atom.